The van der Waals surface area contributed by atoms with Crippen LogP contribution in [0.5, 0.6) is 5.75 Å². The summed E-state index contributed by atoms with van der Waals surface area (Å²) in [6, 6.07) is 7.79. The summed E-state index contributed by atoms with van der Waals surface area (Å²) < 4.78 is 11.0. The van der Waals surface area contributed by atoms with E-state index in [0.717, 1.165) is 30.0 Å². The largest absolute Gasteiger partial charge is 0.496 e. The Balaban J connectivity index is 1.46. The number of oxime groups is 1. The molecule has 0 radical (unpaired) electrons. The van der Waals surface area contributed by atoms with Gasteiger partial charge in [0.1, 0.15) is 11.9 Å². The predicted octanol–water partition coefficient (Wildman–Crippen LogP) is 2.22. The average molecular weight is 402 g/mol. The normalized spacial score (nSPS) is 26.1. The molecule has 3 heterocycles. The Hall–Kier alpha value is -2.12. The molecule has 0 aromatic heterocycles. The molecule has 0 bridgehead atoms. The number of para-hydroxylation sites is 1. The number of ether oxygens (including phenoxy) is 2. The zero-order valence-electron chi connectivity index (χ0n) is 17.0. The lowest BCUT2D eigenvalue weighted by Crippen LogP contribution is -2.48. The second-order valence-electron chi connectivity index (χ2n) is 8.36. The minimum absolute atomic E-state index is 0.131. The summed E-state index contributed by atoms with van der Waals surface area (Å²) in [5, 5.41) is 13.8. The molecule has 7 heteroatoms. The first-order valence-corrected chi connectivity index (χ1v) is 10.5. The summed E-state index contributed by atoms with van der Waals surface area (Å²) in [6.45, 7) is 2.70. The van der Waals surface area contributed by atoms with Crippen LogP contribution in [0.3, 0.4) is 0 Å². The lowest BCUT2D eigenvalue weighted by atomic mass is 9.73. The summed E-state index contributed by atoms with van der Waals surface area (Å²) in [6.07, 6.45) is 3.45. The molecule has 0 saturated carbocycles. The fraction of sp³-hybridized carbons (Fsp3) is 0.636. The minimum atomic E-state index is -0.473. The summed E-state index contributed by atoms with van der Waals surface area (Å²) in [7, 11) is 1.65. The van der Waals surface area contributed by atoms with E-state index in [1.54, 1.807) is 7.11 Å². The van der Waals surface area contributed by atoms with E-state index >= 15 is 0 Å². The van der Waals surface area contributed by atoms with Gasteiger partial charge in [-0.1, -0.05) is 17.3 Å². The first kappa shape index (κ1) is 20.2. The van der Waals surface area contributed by atoms with Gasteiger partial charge in [-0.15, -0.1) is 0 Å². The third kappa shape index (κ3) is 4.12. The van der Waals surface area contributed by atoms with Gasteiger partial charge in [0.2, 0.25) is 5.91 Å². The van der Waals surface area contributed by atoms with E-state index in [4.69, 9.17) is 14.3 Å². The van der Waals surface area contributed by atoms with Gasteiger partial charge in [-0.2, -0.15) is 0 Å². The number of rotatable bonds is 6. The van der Waals surface area contributed by atoms with Gasteiger partial charge in [-0.3, -0.25) is 4.79 Å². The summed E-state index contributed by atoms with van der Waals surface area (Å²) >= 11 is 0. The van der Waals surface area contributed by atoms with Gasteiger partial charge in [-0.05, 0) is 31.4 Å². The van der Waals surface area contributed by atoms with Gasteiger partial charge in [0.25, 0.3) is 0 Å². The molecule has 3 aliphatic heterocycles. The van der Waals surface area contributed by atoms with Gasteiger partial charge in [0, 0.05) is 57.2 Å². The first-order valence-electron chi connectivity index (χ1n) is 10.5. The van der Waals surface area contributed by atoms with Crippen molar-refractivity contribution in [1.29, 1.82) is 0 Å². The zero-order chi connectivity index (χ0) is 20.3. The van der Waals surface area contributed by atoms with Crippen LogP contribution in [0.15, 0.2) is 29.4 Å². The highest BCUT2D eigenvalue weighted by atomic mass is 16.6. The molecule has 1 aromatic carbocycles. The maximum Gasteiger partial charge on any atom is 0.229 e. The lowest BCUT2D eigenvalue weighted by molar-refractivity contribution is -0.150. The van der Waals surface area contributed by atoms with Gasteiger partial charge < -0.3 is 24.3 Å². The number of likely N-dealkylation sites (tertiary alicyclic amines) is 1. The second-order valence-corrected chi connectivity index (χ2v) is 8.36. The molecule has 0 aliphatic carbocycles. The van der Waals surface area contributed by atoms with Crippen LogP contribution in [0.1, 0.15) is 37.7 Å². The number of amides is 1. The van der Waals surface area contributed by atoms with Crippen molar-refractivity contribution in [3.63, 3.8) is 0 Å². The molecule has 158 valence electrons. The zero-order valence-corrected chi connectivity index (χ0v) is 17.0. The minimum Gasteiger partial charge on any atom is -0.496 e. The Morgan fingerprint density at radius 3 is 2.86 bits per heavy atom. The highest BCUT2D eigenvalue weighted by Gasteiger charge is 2.46. The van der Waals surface area contributed by atoms with Gasteiger partial charge >= 0.3 is 0 Å². The van der Waals surface area contributed by atoms with Crippen molar-refractivity contribution in [3.8, 4) is 5.75 Å². The van der Waals surface area contributed by atoms with Crippen molar-refractivity contribution in [2.45, 2.75) is 38.2 Å². The van der Waals surface area contributed by atoms with Gasteiger partial charge in [-0.25, -0.2) is 0 Å². The monoisotopic (exact) mass is 402 g/mol. The Bertz CT molecular complexity index is 759. The first-order chi connectivity index (χ1) is 14.1. The molecule has 0 unspecified atom stereocenters. The summed E-state index contributed by atoms with van der Waals surface area (Å²) in [4.78, 5) is 21.2. The van der Waals surface area contributed by atoms with Crippen molar-refractivity contribution >= 4 is 11.6 Å². The number of aliphatic hydroxyl groups is 1. The smallest absolute Gasteiger partial charge is 0.229 e. The molecule has 1 amide bonds. The van der Waals surface area contributed by atoms with Gasteiger partial charge in [0.15, 0.2) is 0 Å². The third-order valence-electron chi connectivity index (χ3n) is 6.50. The fourth-order valence-corrected chi connectivity index (χ4v) is 4.78. The molecule has 1 aromatic rings. The molecule has 7 nitrogen and oxygen atoms in total. The van der Waals surface area contributed by atoms with Crippen molar-refractivity contribution in [1.82, 2.24) is 4.90 Å². The topological polar surface area (TPSA) is 80.6 Å². The molecule has 2 fully saturated rings. The predicted molar refractivity (Wildman–Crippen MR) is 108 cm³/mol. The number of methoxy groups -OCH3 is 1. The van der Waals surface area contributed by atoms with Crippen molar-refractivity contribution in [2.75, 3.05) is 40.0 Å². The van der Waals surface area contributed by atoms with Crippen LogP contribution in [0.4, 0.5) is 0 Å². The van der Waals surface area contributed by atoms with Crippen LogP contribution < -0.4 is 4.74 Å². The highest BCUT2D eigenvalue weighted by molar-refractivity contribution is 6.03. The van der Waals surface area contributed by atoms with Crippen LogP contribution in [-0.4, -0.2) is 67.7 Å². The molecule has 3 aliphatic rings. The van der Waals surface area contributed by atoms with E-state index in [1.807, 2.05) is 29.2 Å². The quantitative estimate of drug-likeness (QED) is 0.789. The van der Waals surface area contributed by atoms with Gasteiger partial charge in [0.05, 0.1) is 18.2 Å². The number of benzene rings is 1. The Kier molecular flexibility index (Phi) is 6.06. The lowest BCUT2D eigenvalue weighted by Gasteiger charge is -2.39. The number of hydrogen-bond acceptors (Lipinski definition) is 6. The molecular formula is C22H30N2O5. The summed E-state index contributed by atoms with van der Waals surface area (Å²) in [5.74, 6) is 1.16. The average Bonchev–Trinajstić information content (AvgIpc) is 3.43. The Labute approximate surface area is 171 Å². The number of carbonyl (C=O) groups excluding carboxylic acids is 1. The molecule has 4 rings (SSSR count). The van der Waals surface area contributed by atoms with E-state index in [1.165, 1.54) is 0 Å². The fourth-order valence-electron chi connectivity index (χ4n) is 4.78. The van der Waals surface area contributed by atoms with E-state index in [9.17, 15) is 9.90 Å². The van der Waals surface area contributed by atoms with Crippen LogP contribution in [0.2, 0.25) is 0 Å². The number of nitrogens with zero attached hydrogens (tertiary/aromatic N) is 2. The Morgan fingerprint density at radius 2 is 2.14 bits per heavy atom. The highest BCUT2D eigenvalue weighted by Crippen LogP contribution is 2.41. The summed E-state index contributed by atoms with van der Waals surface area (Å²) in [5.41, 5.74) is 1.33. The Morgan fingerprint density at radius 1 is 1.34 bits per heavy atom. The molecule has 2 atom stereocenters. The molecule has 1 N–H and O–H groups in total. The van der Waals surface area contributed by atoms with Crippen LogP contribution in [-0.2, 0) is 14.4 Å². The molecule has 29 heavy (non-hydrogen) atoms. The second kappa shape index (κ2) is 8.71. The molecule has 0 spiro atoms. The number of aliphatic hydroxyl groups excluding tert-OH is 1. The third-order valence-corrected chi connectivity index (χ3v) is 6.50. The van der Waals surface area contributed by atoms with E-state index in [0.29, 0.717) is 45.4 Å². The number of hydrogen-bond donors (Lipinski definition) is 1. The number of carbonyl (C=O) groups is 1. The van der Waals surface area contributed by atoms with Crippen molar-refractivity contribution in [3.05, 3.63) is 29.8 Å². The SMILES string of the molecule is COc1ccccc1C1=NO[C@H](CC2(C(=O)N3CC[C@@H](CO)C3)CCOCC2)C1. The van der Waals surface area contributed by atoms with E-state index < -0.39 is 5.41 Å². The maximum atomic E-state index is 13.5. The van der Waals surface area contributed by atoms with Crippen molar-refractivity contribution < 1.29 is 24.2 Å². The van der Waals surface area contributed by atoms with Crippen LogP contribution in [0, 0.1) is 11.3 Å². The molecular weight excluding hydrogens is 372 g/mol. The van der Waals surface area contributed by atoms with Crippen molar-refractivity contribution in [2.24, 2.45) is 16.5 Å². The molecule has 2 saturated heterocycles. The standard InChI is InChI=1S/C22H30N2O5/c1-27-20-5-3-2-4-18(20)19-12-17(29-23-19)13-22(7-10-28-11-8-22)21(26)24-9-6-16(14-24)15-25/h2-5,16-17,25H,6-15H2,1H3/t16-,17+/m1/s1. The maximum absolute atomic E-state index is 13.5. The van der Waals surface area contributed by atoms with Crippen LogP contribution in [0.25, 0.3) is 0 Å². The van der Waals surface area contributed by atoms with E-state index in [2.05, 4.69) is 5.16 Å². The van der Waals surface area contributed by atoms with Crippen LogP contribution >= 0.6 is 0 Å². The van der Waals surface area contributed by atoms with E-state index in [-0.39, 0.29) is 24.5 Å².